The lowest BCUT2D eigenvalue weighted by atomic mass is 10.3. The van der Waals surface area contributed by atoms with E-state index in [0.717, 1.165) is 10.4 Å². The molecule has 0 saturated heterocycles. The molecule has 100 valence electrons. The van der Waals surface area contributed by atoms with Gasteiger partial charge in [-0.25, -0.2) is 12.8 Å². The highest BCUT2D eigenvalue weighted by molar-refractivity contribution is 7.92. The number of hydrogen-bond acceptors (Lipinski definition) is 4. The Morgan fingerprint density at radius 2 is 1.95 bits per heavy atom. The fraction of sp³-hybridized carbons (Fsp3) is 0.0833. The van der Waals surface area contributed by atoms with Crippen LogP contribution in [0, 0.1) is 5.82 Å². The van der Waals surface area contributed by atoms with Crippen molar-refractivity contribution in [2.24, 2.45) is 0 Å². The maximum Gasteiger partial charge on any atom is 0.267 e. The normalized spacial score (nSPS) is 11.3. The van der Waals surface area contributed by atoms with E-state index in [-0.39, 0.29) is 11.4 Å². The van der Waals surface area contributed by atoms with Gasteiger partial charge < -0.3 is 5.73 Å². The van der Waals surface area contributed by atoms with Crippen molar-refractivity contribution in [2.75, 3.05) is 17.1 Å². The van der Waals surface area contributed by atoms with Crippen LogP contribution in [0.25, 0.3) is 0 Å². The first kappa shape index (κ1) is 13.3. The molecule has 0 radical (unpaired) electrons. The zero-order valence-electron chi connectivity index (χ0n) is 10.1. The van der Waals surface area contributed by atoms with E-state index in [1.54, 1.807) is 0 Å². The molecule has 0 aliphatic carbocycles. The van der Waals surface area contributed by atoms with Crippen LogP contribution in [-0.4, -0.2) is 20.4 Å². The number of nitrogen functional groups attached to an aromatic ring is 1. The number of sulfonamides is 1. The van der Waals surface area contributed by atoms with Gasteiger partial charge in [0.25, 0.3) is 10.0 Å². The van der Waals surface area contributed by atoms with Crippen molar-refractivity contribution < 1.29 is 12.8 Å². The van der Waals surface area contributed by atoms with Crippen molar-refractivity contribution in [3.05, 3.63) is 48.5 Å². The molecule has 0 aliphatic rings. The number of anilines is 2. The number of benzene rings is 1. The first-order valence-electron chi connectivity index (χ1n) is 5.37. The fourth-order valence-electron chi connectivity index (χ4n) is 1.62. The van der Waals surface area contributed by atoms with Gasteiger partial charge in [-0.05, 0) is 18.2 Å². The van der Waals surface area contributed by atoms with Crippen molar-refractivity contribution in [3.8, 4) is 0 Å². The molecule has 0 aliphatic heterocycles. The highest BCUT2D eigenvalue weighted by Gasteiger charge is 2.25. The van der Waals surface area contributed by atoms with E-state index in [1.165, 1.54) is 43.7 Å². The van der Waals surface area contributed by atoms with Gasteiger partial charge in [-0.15, -0.1) is 0 Å². The van der Waals surface area contributed by atoms with E-state index in [1.807, 2.05) is 0 Å². The Labute approximate surface area is 110 Å². The predicted octanol–water partition coefficient (Wildman–Crippen LogP) is 1.63. The smallest absolute Gasteiger partial charge is 0.267 e. The summed E-state index contributed by atoms with van der Waals surface area (Å²) in [6.45, 7) is 0. The third-order valence-corrected chi connectivity index (χ3v) is 4.45. The Hall–Kier alpha value is -2.15. The molecule has 0 bridgehead atoms. The van der Waals surface area contributed by atoms with Crippen LogP contribution >= 0.6 is 0 Å². The second kappa shape index (κ2) is 4.85. The van der Waals surface area contributed by atoms with Gasteiger partial charge in [0.05, 0.1) is 17.6 Å². The molecule has 19 heavy (non-hydrogen) atoms. The zero-order chi connectivity index (χ0) is 14.0. The van der Waals surface area contributed by atoms with E-state index >= 15 is 0 Å². The summed E-state index contributed by atoms with van der Waals surface area (Å²) >= 11 is 0. The minimum absolute atomic E-state index is 0.199. The molecule has 0 fully saturated rings. The van der Waals surface area contributed by atoms with E-state index in [0.29, 0.717) is 0 Å². The minimum Gasteiger partial charge on any atom is -0.396 e. The quantitative estimate of drug-likeness (QED) is 0.927. The van der Waals surface area contributed by atoms with Gasteiger partial charge in [0.1, 0.15) is 10.7 Å². The lowest BCUT2D eigenvalue weighted by molar-refractivity contribution is 0.566. The maximum absolute atomic E-state index is 13.6. The first-order chi connectivity index (χ1) is 8.94. The number of pyridine rings is 1. The molecule has 1 heterocycles. The molecule has 2 aromatic rings. The molecule has 0 spiro atoms. The Bertz CT molecular complexity index is 704. The molecule has 2 rings (SSSR count). The number of hydrogen-bond donors (Lipinski definition) is 1. The molecule has 0 saturated carbocycles. The second-order valence-electron chi connectivity index (χ2n) is 3.84. The first-order valence-corrected chi connectivity index (χ1v) is 6.81. The summed E-state index contributed by atoms with van der Waals surface area (Å²) in [5.74, 6) is -0.804. The summed E-state index contributed by atoms with van der Waals surface area (Å²) < 4.78 is 39.2. The monoisotopic (exact) mass is 281 g/mol. The number of nitrogens with two attached hydrogens (primary N) is 1. The van der Waals surface area contributed by atoms with E-state index in [4.69, 9.17) is 5.73 Å². The zero-order valence-corrected chi connectivity index (χ0v) is 10.9. The van der Waals surface area contributed by atoms with Crippen molar-refractivity contribution in [1.82, 2.24) is 4.98 Å². The Balaban J connectivity index is 2.52. The molecule has 1 aromatic heterocycles. The molecule has 1 aromatic carbocycles. The van der Waals surface area contributed by atoms with E-state index in [9.17, 15) is 12.8 Å². The Morgan fingerprint density at radius 3 is 2.58 bits per heavy atom. The van der Waals surface area contributed by atoms with Crippen molar-refractivity contribution in [1.29, 1.82) is 0 Å². The third kappa shape index (κ3) is 2.37. The largest absolute Gasteiger partial charge is 0.396 e. The van der Waals surface area contributed by atoms with Crippen LogP contribution in [-0.2, 0) is 10.0 Å². The highest BCUT2D eigenvalue weighted by Crippen LogP contribution is 2.27. The molecular weight excluding hydrogens is 269 g/mol. The van der Waals surface area contributed by atoms with Crippen LogP contribution in [0.2, 0.25) is 0 Å². The average molecular weight is 281 g/mol. The van der Waals surface area contributed by atoms with Crippen LogP contribution in [0.5, 0.6) is 0 Å². The summed E-state index contributed by atoms with van der Waals surface area (Å²) in [7, 11) is -2.68. The second-order valence-corrected chi connectivity index (χ2v) is 5.78. The minimum atomic E-state index is -3.99. The van der Waals surface area contributed by atoms with E-state index in [2.05, 4.69) is 4.98 Å². The lowest BCUT2D eigenvalue weighted by Crippen LogP contribution is -2.28. The molecule has 7 heteroatoms. The van der Waals surface area contributed by atoms with Gasteiger partial charge in [-0.1, -0.05) is 12.1 Å². The molecular formula is C12H12FN3O2S. The topological polar surface area (TPSA) is 76.3 Å². The maximum atomic E-state index is 13.6. The van der Waals surface area contributed by atoms with Gasteiger partial charge in [0.2, 0.25) is 0 Å². The number of aromatic nitrogens is 1. The number of halogens is 1. The van der Waals surface area contributed by atoms with Crippen LogP contribution in [0.3, 0.4) is 0 Å². The van der Waals surface area contributed by atoms with Crippen LogP contribution in [0.15, 0.2) is 47.6 Å². The summed E-state index contributed by atoms with van der Waals surface area (Å²) in [6.07, 6.45) is 2.75. The van der Waals surface area contributed by atoms with Crippen molar-refractivity contribution in [2.45, 2.75) is 4.90 Å². The summed E-state index contributed by atoms with van der Waals surface area (Å²) in [6, 6.07) is 6.64. The van der Waals surface area contributed by atoms with Crippen molar-refractivity contribution >= 4 is 21.4 Å². The summed E-state index contributed by atoms with van der Waals surface area (Å²) in [5.41, 5.74) is 6.12. The van der Waals surface area contributed by atoms with Gasteiger partial charge in [-0.3, -0.25) is 9.29 Å². The van der Waals surface area contributed by atoms with Gasteiger partial charge in [0, 0.05) is 13.2 Å². The van der Waals surface area contributed by atoms with Crippen LogP contribution in [0.1, 0.15) is 0 Å². The van der Waals surface area contributed by atoms with Crippen LogP contribution < -0.4 is 10.0 Å². The molecule has 0 unspecified atom stereocenters. The number of rotatable bonds is 3. The highest BCUT2D eigenvalue weighted by atomic mass is 32.2. The Morgan fingerprint density at radius 1 is 1.26 bits per heavy atom. The number of nitrogens with zero attached hydrogens (tertiary/aromatic N) is 2. The predicted molar refractivity (Wildman–Crippen MR) is 70.6 cm³/mol. The standard InChI is InChI=1S/C12H12FN3O2S/c1-16(11-6-7-15-8-10(11)14)19(17,18)12-5-3-2-4-9(12)13/h2-8H,14H2,1H3. The molecule has 2 N–H and O–H groups in total. The van der Waals surface area contributed by atoms with Gasteiger partial charge in [0.15, 0.2) is 0 Å². The van der Waals surface area contributed by atoms with Crippen LogP contribution in [0.4, 0.5) is 15.8 Å². The lowest BCUT2D eigenvalue weighted by Gasteiger charge is -2.20. The van der Waals surface area contributed by atoms with Gasteiger partial charge >= 0.3 is 0 Å². The summed E-state index contributed by atoms with van der Waals surface area (Å²) in [4.78, 5) is 3.38. The molecule has 0 atom stereocenters. The average Bonchev–Trinajstić information content (AvgIpc) is 2.39. The third-order valence-electron chi connectivity index (χ3n) is 2.64. The SMILES string of the molecule is CN(c1ccncc1N)S(=O)(=O)c1ccccc1F. The van der Waals surface area contributed by atoms with E-state index < -0.39 is 20.7 Å². The molecule has 5 nitrogen and oxygen atoms in total. The molecule has 0 amide bonds. The van der Waals surface area contributed by atoms with Crippen molar-refractivity contribution in [3.63, 3.8) is 0 Å². The fourth-order valence-corrected chi connectivity index (χ4v) is 2.90. The summed E-state index contributed by atoms with van der Waals surface area (Å²) in [5, 5.41) is 0. The van der Waals surface area contributed by atoms with Gasteiger partial charge in [-0.2, -0.15) is 0 Å². The Kier molecular flexibility index (Phi) is 3.39.